The minimum Gasteiger partial charge on any atom is -0.480 e. The third kappa shape index (κ3) is 2.55. The van der Waals surface area contributed by atoms with Crippen LogP contribution in [0, 0.1) is 10.8 Å². The predicted octanol–water partition coefficient (Wildman–Crippen LogP) is 3.18. The maximum absolute atomic E-state index is 12.3. The van der Waals surface area contributed by atoms with Gasteiger partial charge in [0.05, 0.1) is 0 Å². The molecule has 108 valence electrons. The highest BCUT2D eigenvalue weighted by atomic mass is 16.5. The van der Waals surface area contributed by atoms with Gasteiger partial charge in [0, 0.05) is 0 Å². The molecule has 0 unspecified atom stereocenters. The molecule has 0 heterocycles. The minimum absolute atomic E-state index is 0.118. The van der Waals surface area contributed by atoms with Gasteiger partial charge < -0.3 is 9.84 Å². The van der Waals surface area contributed by atoms with E-state index in [9.17, 15) is 14.7 Å². The van der Waals surface area contributed by atoms with Crippen LogP contribution in [-0.2, 0) is 14.3 Å². The lowest BCUT2D eigenvalue weighted by Gasteiger charge is -2.48. The van der Waals surface area contributed by atoms with Gasteiger partial charge in [0.1, 0.15) is 6.10 Å². The number of carboxylic acids is 1. The van der Waals surface area contributed by atoms with Crippen LogP contribution < -0.4 is 0 Å². The van der Waals surface area contributed by atoms with E-state index in [0.717, 1.165) is 5.56 Å². The number of hydrogen-bond acceptors (Lipinski definition) is 3. The summed E-state index contributed by atoms with van der Waals surface area (Å²) in [5.74, 6) is -1.71. The van der Waals surface area contributed by atoms with Gasteiger partial charge in [0.2, 0.25) is 0 Å². The Morgan fingerprint density at radius 3 is 2.20 bits per heavy atom. The number of carbonyl (C=O) groups excluding carboxylic acids is 1. The first kappa shape index (κ1) is 14.6. The number of aliphatic carboxylic acids is 1. The summed E-state index contributed by atoms with van der Waals surface area (Å²) in [7, 11) is 0. The molecule has 0 saturated heterocycles. The average molecular weight is 276 g/mol. The van der Waals surface area contributed by atoms with Crippen LogP contribution in [0.1, 0.15) is 45.3 Å². The Bertz CT molecular complexity index is 511. The van der Waals surface area contributed by atoms with Crippen molar-refractivity contribution in [2.24, 2.45) is 10.8 Å². The Kier molecular flexibility index (Phi) is 3.59. The zero-order valence-electron chi connectivity index (χ0n) is 12.1. The van der Waals surface area contributed by atoms with Crippen molar-refractivity contribution in [3.05, 3.63) is 35.9 Å². The molecule has 1 aliphatic carbocycles. The predicted molar refractivity (Wildman–Crippen MR) is 74.0 cm³/mol. The van der Waals surface area contributed by atoms with Crippen LogP contribution >= 0.6 is 0 Å². The van der Waals surface area contributed by atoms with Gasteiger partial charge in [-0.25, -0.2) is 0 Å². The topological polar surface area (TPSA) is 63.6 Å². The molecule has 1 saturated carbocycles. The summed E-state index contributed by atoms with van der Waals surface area (Å²) >= 11 is 0. The molecule has 1 N–H and O–H groups in total. The highest BCUT2D eigenvalue weighted by molar-refractivity contribution is 6.00. The number of carboxylic acid groups (broad SMARTS) is 1. The van der Waals surface area contributed by atoms with E-state index < -0.39 is 23.5 Å². The van der Waals surface area contributed by atoms with E-state index in [1.807, 2.05) is 44.2 Å². The molecular formula is C16H20O4. The van der Waals surface area contributed by atoms with Crippen LogP contribution in [0.3, 0.4) is 0 Å². The van der Waals surface area contributed by atoms with Crippen molar-refractivity contribution < 1.29 is 19.4 Å². The molecule has 0 aromatic heterocycles. The normalized spacial score (nSPS) is 20.6. The van der Waals surface area contributed by atoms with E-state index in [-0.39, 0.29) is 5.41 Å². The highest BCUT2D eigenvalue weighted by Crippen LogP contribution is 2.55. The van der Waals surface area contributed by atoms with Crippen molar-refractivity contribution in [1.82, 2.24) is 0 Å². The summed E-state index contributed by atoms with van der Waals surface area (Å²) in [6.07, 6.45) is 0.217. The van der Waals surface area contributed by atoms with Crippen LogP contribution in [0.25, 0.3) is 0 Å². The van der Waals surface area contributed by atoms with Gasteiger partial charge >= 0.3 is 11.9 Å². The van der Waals surface area contributed by atoms with E-state index in [0.29, 0.717) is 12.8 Å². The molecule has 0 aliphatic heterocycles. The Morgan fingerprint density at radius 1 is 1.20 bits per heavy atom. The maximum Gasteiger partial charge on any atom is 0.324 e. The molecule has 1 atom stereocenters. The summed E-state index contributed by atoms with van der Waals surface area (Å²) in [6, 6.07) is 9.32. The monoisotopic (exact) mass is 276 g/mol. The van der Waals surface area contributed by atoms with E-state index in [1.54, 1.807) is 6.92 Å². The molecule has 1 aromatic carbocycles. The fourth-order valence-corrected chi connectivity index (χ4v) is 3.03. The van der Waals surface area contributed by atoms with Crippen LogP contribution in [-0.4, -0.2) is 17.0 Å². The van der Waals surface area contributed by atoms with Crippen LogP contribution in [0.2, 0.25) is 0 Å². The van der Waals surface area contributed by atoms with E-state index in [4.69, 9.17) is 4.74 Å². The minimum atomic E-state index is -1.37. The first-order valence-corrected chi connectivity index (χ1v) is 6.76. The average Bonchev–Trinajstić information content (AvgIpc) is 2.35. The van der Waals surface area contributed by atoms with Gasteiger partial charge in [-0.15, -0.1) is 0 Å². The lowest BCUT2D eigenvalue weighted by molar-refractivity contribution is -0.189. The fraction of sp³-hybridized carbons (Fsp3) is 0.500. The first-order valence-electron chi connectivity index (χ1n) is 6.76. The van der Waals surface area contributed by atoms with Crippen molar-refractivity contribution in [2.45, 2.75) is 39.7 Å². The maximum atomic E-state index is 12.3. The summed E-state index contributed by atoms with van der Waals surface area (Å²) in [5.41, 5.74) is -0.625. The zero-order valence-corrected chi connectivity index (χ0v) is 12.1. The SMILES string of the molecule is C[C@@H](OC(=O)C1(C(=O)O)CC(C)(C)C1)c1ccccc1. The summed E-state index contributed by atoms with van der Waals surface area (Å²) < 4.78 is 5.38. The van der Waals surface area contributed by atoms with Gasteiger partial charge in [-0.05, 0) is 30.7 Å². The number of benzene rings is 1. The molecule has 4 heteroatoms. The van der Waals surface area contributed by atoms with E-state index in [1.165, 1.54) is 0 Å². The Labute approximate surface area is 118 Å². The van der Waals surface area contributed by atoms with Gasteiger partial charge in [0.15, 0.2) is 5.41 Å². The van der Waals surface area contributed by atoms with Gasteiger partial charge in [-0.3, -0.25) is 9.59 Å². The molecule has 20 heavy (non-hydrogen) atoms. The van der Waals surface area contributed by atoms with E-state index >= 15 is 0 Å². The molecular weight excluding hydrogens is 256 g/mol. The molecule has 0 spiro atoms. The third-order valence-electron chi connectivity index (χ3n) is 3.91. The van der Waals surface area contributed by atoms with Gasteiger partial charge in [-0.2, -0.15) is 0 Å². The van der Waals surface area contributed by atoms with Crippen molar-refractivity contribution in [2.75, 3.05) is 0 Å². The lowest BCUT2D eigenvalue weighted by atomic mass is 9.54. The van der Waals surface area contributed by atoms with Crippen molar-refractivity contribution in [1.29, 1.82) is 0 Å². The molecule has 1 fully saturated rings. The standard InChI is InChI=1S/C16H20O4/c1-11(12-7-5-4-6-8-12)20-14(19)16(13(17)18)9-15(2,3)10-16/h4-8,11H,9-10H2,1-3H3,(H,17,18)/t11-/m1/s1. The van der Waals surface area contributed by atoms with Gasteiger partial charge in [-0.1, -0.05) is 44.2 Å². The molecule has 0 radical (unpaired) electrons. The lowest BCUT2D eigenvalue weighted by Crippen LogP contribution is -2.54. The molecule has 1 aliphatic rings. The quantitative estimate of drug-likeness (QED) is 0.677. The molecule has 1 aromatic rings. The Morgan fingerprint density at radius 2 is 1.75 bits per heavy atom. The molecule has 2 rings (SSSR count). The summed E-state index contributed by atoms with van der Waals surface area (Å²) in [5, 5.41) is 9.37. The number of rotatable bonds is 4. The second-order valence-corrected chi connectivity index (χ2v) is 6.36. The molecule has 0 amide bonds. The largest absolute Gasteiger partial charge is 0.480 e. The summed E-state index contributed by atoms with van der Waals surface area (Å²) in [4.78, 5) is 23.7. The molecule has 4 nitrogen and oxygen atoms in total. The van der Waals surface area contributed by atoms with Crippen LogP contribution in [0.5, 0.6) is 0 Å². The zero-order chi connectivity index (χ0) is 15.0. The number of esters is 1. The molecule has 0 bridgehead atoms. The van der Waals surface area contributed by atoms with E-state index in [2.05, 4.69) is 0 Å². The number of carbonyl (C=O) groups is 2. The first-order chi connectivity index (χ1) is 9.27. The second kappa shape index (κ2) is 4.93. The van der Waals surface area contributed by atoms with Crippen LogP contribution in [0.4, 0.5) is 0 Å². The smallest absolute Gasteiger partial charge is 0.324 e. The van der Waals surface area contributed by atoms with Crippen molar-refractivity contribution in [3.63, 3.8) is 0 Å². The number of hydrogen-bond donors (Lipinski definition) is 1. The highest BCUT2D eigenvalue weighted by Gasteiger charge is 2.61. The summed E-state index contributed by atoms with van der Waals surface area (Å²) in [6.45, 7) is 5.68. The van der Waals surface area contributed by atoms with Gasteiger partial charge in [0.25, 0.3) is 0 Å². The fourth-order valence-electron chi connectivity index (χ4n) is 3.03. The van der Waals surface area contributed by atoms with Crippen LogP contribution in [0.15, 0.2) is 30.3 Å². The van der Waals surface area contributed by atoms with Crippen molar-refractivity contribution in [3.8, 4) is 0 Å². The third-order valence-corrected chi connectivity index (χ3v) is 3.91. The Hall–Kier alpha value is -1.84. The Balaban J connectivity index is 2.09. The second-order valence-electron chi connectivity index (χ2n) is 6.36. The van der Waals surface area contributed by atoms with Crippen molar-refractivity contribution >= 4 is 11.9 Å². The number of ether oxygens (including phenoxy) is 1.